The number of carbonyl (C=O) groups is 2. The van der Waals surface area contributed by atoms with Crippen LogP contribution in [0.3, 0.4) is 0 Å². The number of carbonyl (C=O) groups excluding carboxylic acids is 1. The minimum absolute atomic E-state index is 0.0197. The zero-order valence-electron chi connectivity index (χ0n) is 20.4. The Morgan fingerprint density at radius 1 is 0.750 bits per heavy atom. The van der Waals surface area contributed by atoms with Crippen LogP contribution in [0.15, 0.2) is 48.5 Å². The average molecular weight is 589 g/mol. The molecule has 1 amide bonds. The molecule has 0 aliphatic carbocycles. The summed E-state index contributed by atoms with van der Waals surface area (Å²) in [7, 11) is 0. The number of rotatable bonds is 5. The second kappa shape index (κ2) is 12.4. The van der Waals surface area contributed by atoms with Crippen molar-refractivity contribution in [3.63, 3.8) is 0 Å². The molecule has 0 atom stereocenters. The summed E-state index contributed by atoms with van der Waals surface area (Å²) in [6.45, 7) is 3.17. The summed E-state index contributed by atoms with van der Waals surface area (Å²) < 4.78 is 110. The maximum absolute atomic E-state index is 13.0. The molecule has 1 fully saturated rings. The largest absolute Gasteiger partial charge is 0.490 e. The van der Waals surface area contributed by atoms with Gasteiger partial charge in [0, 0.05) is 38.3 Å². The summed E-state index contributed by atoms with van der Waals surface area (Å²) in [4.78, 5) is 24.4. The van der Waals surface area contributed by atoms with Gasteiger partial charge in [-0.2, -0.15) is 39.5 Å². The predicted molar refractivity (Wildman–Crippen MR) is 122 cm³/mol. The van der Waals surface area contributed by atoms with Crippen LogP contribution in [0.25, 0.3) is 11.1 Å². The van der Waals surface area contributed by atoms with E-state index in [4.69, 9.17) is 15.6 Å². The second-order valence-electron chi connectivity index (χ2n) is 8.64. The molecule has 40 heavy (non-hydrogen) atoms. The molecule has 0 bridgehead atoms. The van der Waals surface area contributed by atoms with Crippen molar-refractivity contribution in [1.29, 1.82) is 0 Å². The van der Waals surface area contributed by atoms with Crippen molar-refractivity contribution < 1.29 is 59.3 Å². The van der Waals surface area contributed by atoms with Crippen molar-refractivity contribution in [3.8, 4) is 11.1 Å². The highest BCUT2D eigenvalue weighted by Gasteiger charge is 2.71. The molecule has 0 aromatic heterocycles. The highest BCUT2D eigenvalue weighted by molar-refractivity contribution is 5.78. The third-order valence-electron chi connectivity index (χ3n) is 5.96. The van der Waals surface area contributed by atoms with Gasteiger partial charge in [0.25, 0.3) is 5.60 Å². The van der Waals surface area contributed by atoms with Crippen molar-refractivity contribution in [3.05, 3.63) is 59.7 Å². The molecule has 3 rings (SSSR count). The Kier molecular flexibility index (Phi) is 10.2. The topological polar surface area (TPSA) is 107 Å². The fraction of sp³-hybridized carbons (Fsp3) is 0.417. The minimum Gasteiger partial charge on any atom is -0.475 e. The molecular formula is C24H24F9N3O4. The summed E-state index contributed by atoms with van der Waals surface area (Å²) in [5.41, 5.74) is 1.12. The van der Waals surface area contributed by atoms with Crippen LogP contribution in [0.4, 0.5) is 39.5 Å². The van der Waals surface area contributed by atoms with Gasteiger partial charge in [-0.1, -0.05) is 48.5 Å². The van der Waals surface area contributed by atoms with Crippen LogP contribution in [-0.2, 0) is 21.7 Å². The molecule has 7 nitrogen and oxygen atoms in total. The number of halogens is 9. The lowest BCUT2D eigenvalue weighted by Gasteiger charge is -2.34. The zero-order chi connectivity index (χ0) is 30.5. The molecule has 0 unspecified atom stereocenters. The third-order valence-corrected chi connectivity index (χ3v) is 5.96. The Morgan fingerprint density at radius 3 is 1.50 bits per heavy atom. The van der Waals surface area contributed by atoms with Crippen LogP contribution in [0.5, 0.6) is 0 Å². The number of carboxylic acid groups (broad SMARTS) is 1. The third kappa shape index (κ3) is 7.85. The standard InChI is InChI=1S/C22H23F6N3O2.C2HF3O2/c23-21(24,25)20(33,22(26,27)28)18-7-5-17(6-8-18)16-3-1-15(2-4-16)14-30-9-11-31(12-10-30)19(32)13-29;3-2(4,5)1(6)7/h1-8,33H,9-14,29H2;(H,6,7). The number of aliphatic hydroxyl groups is 1. The Hall–Kier alpha value is -3.37. The monoisotopic (exact) mass is 589 g/mol. The van der Waals surface area contributed by atoms with Gasteiger partial charge in [-0.25, -0.2) is 4.79 Å². The Morgan fingerprint density at radius 2 is 1.15 bits per heavy atom. The molecule has 0 radical (unpaired) electrons. The van der Waals surface area contributed by atoms with Crippen LogP contribution in [0.1, 0.15) is 11.1 Å². The van der Waals surface area contributed by atoms with E-state index in [1.165, 1.54) is 0 Å². The first kappa shape index (κ1) is 32.8. The zero-order valence-corrected chi connectivity index (χ0v) is 20.4. The Bertz CT molecular complexity index is 1130. The lowest BCUT2D eigenvalue weighted by atomic mass is 9.90. The number of amides is 1. The van der Waals surface area contributed by atoms with Gasteiger partial charge in [0.05, 0.1) is 6.54 Å². The number of nitrogens with zero attached hydrogens (tertiary/aromatic N) is 2. The first-order chi connectivity index (χ1) is 18.3. The molecule has 222 valence electrons. The van der Waals surface area contributed by atoms with Gasteiger partial charge >= 0.3 is 24.5 Å². The van der Waals surface area contributed by atoms with Crippen LogP contribution in [0.2, 0.25) is 0 Å². The first-order valence-corrected chi connectivity index (χ1v) is 11.4. The number of benzene rings is 2. The van der Waals surface area contributed by atoms with Gasteiger partial charge < -0.3 is 20.8 Å². The van der Waals surface area contributed by atoms with E-state index in [0.717, 1.165) is 17.7 Å². The van der Waals surface area contributed by atoms with Gasteiger partial charge in [-0.3, -0.25) is 9.69 Å². The Labute approximate surface area is 221 Å². The molecule has 1 heterocycles. The fourth-order valence-corrected chi connectivity index (χ4v) is 3.74. The van der Waals surface area contributed by atoms with Crippen LogP contribution < -0.4 is 5.73 Å². The molecule has 4 N–H and O–H groups in total. The van der Waals surface area contributed by atoms with E-state index in [-0.39, 0.29) is 12.5 Å². The van der Waals surface area contributed by atoms with Crippen LogP contribution in [0, 0.1) is 0 Å². The summed E-state index contributed by atoms with van der Waals surface area (Å²) in [6.07, 6.45) is -16.9. The molecular weight excluding hydrogens is 565 g/mol. The maximum Gasteiger partial charge on any atom is 0.490 e. The first-order valence-electron chi connectivity index (χ1n) is 11.4. The van der Waals surface area contributed by atoms with Crippen molar-refractivity contribution in [2.75, 3.05) is 32.7 Å². The number of alkyl halides is 9. The Balaban J connectivity index is 0.000000708. The van der Waals surface area contributed by atoms with E-state index in [2.05, 4.69) is 4.90 Å². The normalized spacial score (nSPS) is 15.3. The lowest BCUT2D eigenvalue weighted by molar-refractivity contribution is -0.376. The molecule has 0 saturated carbocycles. The average Bonchev–Trinajstić information content (AvgIpc) is 2.87. The lowest BCUT2D eigenvalue weighted by Crippen LogP contribution is -2.53. The van der Waals surface area contributed by atoms with Gasteiger partial charge in [0.1, 0.15) is 0 Å². The quantitative estimate of drug-likeness (QED) is 0.457. The summed E-state index contributed by atoms with van der Waals surface area (Å²) in [5.74, 6) is -2.85. The van der Waals surface area contributed by atoms with E-state index < -0.39 is 35.7 Å². The van der Waals surface area contributed by atoms with Gasteiger partial charge in [0.2, 0.25) is 5.91 Å². The van der Waals surface area contributed by atoms with E-state index in [0.29, 0.717) is 56.0 Å². The highest BCUT2D eigenvalue weighted by Crippen LogP contribution is 2.50. The van der Waals surface area contributed by atoms with Crippen molar-refractivity contribution in [2.45, 2.75) is 30.7 Å². The van der Waals surface area contributed by atoms with E-state index in [1.807, 2.05) is 12.1 Å². The molecule has 2 aromatic carbocycles. The number of hydrogen-bond acceptors (Lipinski definition) is 5. The second-order valence-corrected chi connectivity index (χ2v) is 8.64. The number of piperazine rings is 1. The summed E-state index contributed by atoms with van der Waals surface area (Å²) >= 11 is 0. The van der Waals surface area contributed by atoms with Crippen LogP contribution in [-0.4, -0.2) is 83.1 Å². The fourth-order valence-electron chi connectivity index (χ4n) is 3.74. The molecule has 1 aliphatic heterocycles. The molecule has 16 heteroatoms. The molecule has 1 aliphatic rings. The molecule has 0 spiro atoms. The van der Waals surface area contributed by atoms with E-state index in [1.54, 1.807) is 17.0 Å². The van der Waals surface area contributed by atoms with E-state index >= 15 is 0 Å². The number of carboxylic acids is 1. The smallest absolute Gasteiger partial charge is 0.475 e. The van der Waals surface area contributed by atoms with Gasteiger partial charge in [-0.05, 0) is 16.7 Å². The van der Waals surface area contributed by atoms with Crippen molar-refractivity contribution in [1.82, 2.24) is 9.80 Å². The highest BCUT2D eigenvalue weighted by atomic mass is 19.4. The van der Waals surface area contributed by atoms with E-state index in [9.17, 15) is 49.4 Å². The summed E-state index contributed by atoms with van der Waals surface area (Å²) in [5, 5.41) is 16.6. The van der Waals surface area contributed by atoms with Crippen LogP contribution >= 0.6 is 0 Å². The number of aliphatic carboxylic acids is 1. The van der Waals surface area contributed by atoms with Crippen molar-refractivity contribution in [2.24, 2.45) is 5.73 Å². The number of hydrogen-bond donors (Lipinski definition) is 3. The van der Waals surface area contributed by atoms with Gasteiger partial charge in [-0.15, -0.1) is 0 Å². The minimum atomic E-state index is -5.92. The van der Waals surface area contributed by atoms with Crippen molar-refractivity contribution >= 4 is 11.9 Å². The SMILES string of the molecule is NCC(=O)N1CCN(Cc2ccc(-c3ccc(C(O)(C(F)(F)F)C(F)(F)F)cc3)cc2)CC1.O=C(O)C(F)(F)F. The predicted octanol–water partition coefficient (Wildman–Crippen LogP) is 3.90. The molecule has 2 aromatic rings. The van der Waals surface area contributed by atoms with Gasteiger partial charge in [0.15, 0.2) is 0 Å². The maximum atomic E-state index is 13.0. The number of nitrogens with two attached hydrogens (primary N) is 1. The molecule has 1 saturated heterocycles. The summed E-state index contributed by atoms with van der Waals surface area (Å²) in [6, 6.07) is 10.6.